The Morgan fingerprint density at radius 2 is 1.79 bits per heavy atom. The number of fused-ring (bicyclic) bond motifs is 2. The van der Waals surface area contributed by atoms with Crippen molar-refractivity contribution in [3.63, 3.8) is 0 Å². The number of nitrogens with one attached hydrogen (secondary N) is 3. The van der Waals surface area contributed by atoms with Crippen molar-refractivity contribution in [2.75, 3.05) is 25.0 Å². The first-order valence-corrected chi connectivity index (χ1v) is 11.2. The second-order valence-electron chi connectivity index (χ2n) is 8.05. The zero-order valence-corrected chi connectivity index (χ0v) is 17.3. The summed E-state index contributed by atoms with van der Waals surface area (Å²) in [7, 11) is 0. The lowest BCUT2D eigenvalue weighted by Crippen LogP contribution is -2.18. The van der Waals surface area contributed by atoms with Crippen molar-refractivity contribution in [2.24, 2.45) is 0 Å². The second kappa shape index (κ2) is 10.4. The third kappa shape index (κ3) is 5.36. The van der Waals surface area contributed by atoms with Gasteiger partial charge >= 0.3 is 0 Å². The SMILES string of the molecule is c1ccc2c(NCCCCCCNCCc3cnc[nH]3)c3c(nc2c1)CCCC3. The normalized spacial score (nSPS) is 13.5. The van der Waals surface area contributed by atoms with Crippen molar-refractivity contribution in [3.8, 4) is 0 Å². The molecule has 0 saturated heterocycles. The van der Waals surface area contributed by atoms with Gasteiger partial charge in [-0.2, -0.15) is 0 Å². The van der Waals surface area contributed by atoms with E-state index >= 15 is 0 Å². The summed E-state index contributed by atoms with van der Waals surface area (Å²) in [5.41, 5.74) is 6.48. The highest BCUT2D eigenvalue weighted by molar-refractivity contribution is 5.93. The first-order chi connectivity index (χ1) is 14.4. The average molecular weight is 392 g/mol. The van der Waals surface area contributed by atoms with Gasteiger partial charge in [0.1, 0.15) is 0 Å². The molecule has 0 amide bonds. The summed E-state index contributed by atoms with van der Waals surface area (Å²) in [6.45, 7) is 3.17. The van der Waals surface area contributed by atoms with Crippen molar-refractivity contribution in [1.82, 2.24) is 20.3 Å². The second-order valence-corrected chi connectivity index (χ2v) is 8.05. The Hall–Kier alpha value is -2.40. The quantitative estimate of drug-likeness (QED) is 0.417. The van der Waals surface area contributed by atoms with Crippen LogP contribution in [0.2, 0.25) is 0 Å². The Labute approximate surface area is 173 Å². The van der Waals surface area contributed by atoms with Crippen LogP contribution in [-0.4, -0.2) is 34.6 Å². The van der Waals surface area contributed by atoms with E-state index in [2.05, 4.69) is 44.9 Å². The maximum Gasteiger partial charge on any atom is 0.0921 e. The number of aromatic nitrogens is 3. The van der Waals surface area contributed by atoms with E-state index in [9.17, 15) is 0 Å². The Morgan fingerprint density at radius 3 is 2.69 bits per heavy atom. The van der Waals surface area contributed by atoms with Gasteiger partial charge in [0.2, 0.25) is 0 Å². The van der Waals surface area contributed by atoms with E-state index in [0.29, 0.717) is 0 Å². The fourth-order valence-electron chi connectivity index (χ4n) is 4.29. The van der Waals surface area contributed by atoms with Crippen LogP contribution < -0.4 is 10.6 Å². The number of rotatable bonds is 11. The molecule has 1 aliphatic rings. The molecule has 0 unspecified atom stereocenters. The number of H-pyrrole nitrogens is 1. The molecule has 29 heavy (non-hydrogen) atoms. The summed E-state index contributed by atoms with van der Waals surface area (Å²) in [6, 6.07) is 8.59. The minimum Gasteiger partial charge on any atom is -0.384 e. The Morgan fingerprint density at radius 1 is 0.931 bits per heavy atom. The molecule has 1 aliphatic carbocycles. The third-order valence-corrected chi connectivity index (χ3v) is 5.88. The first-order valence-electron chi connectivity index (χ1n) is 11.2. The van der Waals surface area contributed by atoms with Crippen molar-refractivity contribution in [2.45, 2.75) is 57.8 Å². The minimum absolute atomic E-state index is 1.02. The van der Waals surface area contributed by atoms with Gasteiger partial charge in [-0.1, -0.05) is 31.0 Å². The molecule has 2 heterocycles. The number of imidazole rings is 1. The van der Waals surface area contributed by atoms with Crippen molar-refractivity contribution in [3.05, 3.63) is 53.7 Å². The van der Waals surface area contributed by atoms with Gasteiger partial charge in [0.05, 0.1) is 11.8 Å². The van der Waals surface area contributed by atoms with Crippen LogP contribution in [0.1, 0.15) is 55.5 Å². The molecule has 0 bridgehead atoms. The number of pyridine rings is 1. The smallest absolute Gasteiger partial charge is 0.0921 e. The standard InChI is InChI=1S/C24H33N5/c1(7-14-25-16-13-19-17-26-18-28-19)2-8-15-27-24-20-9-3-5-11-22(20)29-23-12-6-4-10-21(23)24/h3,5,9,11,17-18,25H,1-2,4,6-8,10,12-16H2,(H,26,28)(H,27,29). The molecule has 0 atom stereocenters. The molecule has 3 N–H and O–H groups in total. The number of aryl methyl sites for hydroxylation is 1. The topological polar surface area (TPSA) is 65.6 Å². The Kier molecular flexibility index (Phi) is 7.13. The molecule has 0 aliphatic heterocycles. The molecule has 3 aromatic rings. The van der Waals surface area contributed by atoms with Crippen LogP contribution in [0.15, 0.2) is 36.8 Å². The number of nitrogens with zero attached hydrogens (tertiary/aromatic N) is 2. The number of anilines is 1. The summed E-state index contributed by atoms with van der Waals surface area (Å²) < 4.78 is 0. The molecular weight excluding hydrogens is 358 g/mol. The lowest BCUT2D eigenvalue weighted by molar-refractivity contribution is 0.592. The number of hydrogen-bond acceptors (Lipinski definition) is 4. The lowest BCUT2D eigenvalue weighted by atomic mass is 9.92. The Balaban J connectivity index is 1.18. The largest absolute Gasteiger partial charge is 0.384 e. The van der Waals surface area contributed by atoms with Gasteiger partial charge in [-0.15, -0.1) is 0 Å². The summed E-state index contributed by atoms with van der Waals surface area (Å²) in [4.78, 5) is 12.1. The molecule has 5 nitrogen and oxygen atoms in total. The first kappa shape index (κ1) is 19.9. The zero-order valence-electron chi connectivity index (χ0n) is 17.3. The van der Waals surface area contributed by atoms with Gasteiger partial charge in [0.15, 0.2) is 0 Å². The number of hydrogen-bond donors (Lipinski definition) is 3. The van der Waals surface area contributed by atoms with E-state index < -0.39 is 0 Å². The third-order valence-electron chi connectivity index (χ3n) is 5.88. The van der Waals surface area contributed by atoms with Crippen LogP contribution in [0.25, 0.3) is 10.9 Å². The molecule has 4 rings (SSSR count). The molecule has 5 heteroatoms. The van der Waals surface area contributed by atoms with Crippen molar-refractivity contribution in [1.29, 1.82) is 0 Å². The van der Waals surface area contributed by atoms with Gasteiger partial charge < -0.3 is 15.6 Å². The van der Waals surface area contributed by atoms with Crippen LogP contribution >= 0.6 is 0 Å². The molecule has 0 spiro atoms. The van der Waals surface area contributed by atoms with E-state index in [0.717, 1.165) is 38.0 Å². The van der Waals surface area contributed by atoms with Crippen LogP contribution in [0.5, 0.6) is 0 Å². The van der Waals surface area contributed by atoms with E-state index in [4.69, 9.17) is 4.98 Å². The number of benzene rings is 1. The van der Waals surface area contributed by atoms with Crippen LogP contribution in [0.3, 0.4) is 0 Å². The minimum atomic E-state index is 1.02. The van der Waals surface area contributed by atoms with Gasteiger partial charge in [0, 0.05) is 48.2 Å². The van der Waals surface area contributed by atoms with Gasteiger partial charge in [-0.25, -0.2) is 4.98 Å². The lowest BCUT2D eigenvalue weighted by Gasteiger charge is -2.21. The van der Waals surface area contributed by atoms with E-state index in [1.54, 1.807) is 6.33 Å². The highest BCUT2D eigenvalue weighted by Crippen LogP contribution is 2.33. The highest BCUT2D eigenvalue weighted by Gasteiger charge is 2.17. The highest BCUT2D eigenvalue weighted by atomic mass is 14.9. The number of unbranched alkanes of at least 4 members (excludes halogenated alkanes) is 3. The van der Waals surface area contributed by atoms with Gasteiger partial charge in [0.25, 0.3) is 0 Å². The molecule has 1 aromatic carbocycles. The van der Waals surface area contributed by atoms with Crippen LogP contribution in [0.4, 0.5) is 5.69 Å². The van der Waals surface area contributed by atoms with Gasteiger partial charge in [-0.3, -0.25) is 4.98 Å². The summed E-state index contributed by atoms with van der Waals surface area (Å²) in [6.07, 6.45) is 14.6. The molecule has 0 saturated carbocycles. The fourth-order valence-corrected chi connectivity index (χ4v) is 4.29. The molecule has 0 fully saturated rings. The number of para-hydroxylation sites is 1. The van der Waals surface area contributed by atoms with Gasteiger partial charge in [-0.05, 0) is 56.7 Å². The van der Waals surface area contributed by atoms with Crippen LogP contribution in [-0.2, 0) is 19.3 Å². The fraction of sp³-hybridized carbons (Fsp3) is 0.500. The molecule has 0 radical (unpaired) electrons. The Bertz CT molecular complexity index is 888. The molecule has 2 aromatic heterocycles. The predicted molar refractivity (Wildman–Crippen MR) is 121 cm³/mol. The van der Waals surface area contributed by atoms with Crippen LogP contribution in [0, 0.1) is 0 Å². The molecule has 154 valence electrons. The number of aromatic amines is 1. The van der Waals surface area contributed by atoms with E-state index in [1.165, 1.54) is 73.0 Å². The molecular formula is C24H33N5. The average Bonchev–Trinajstić information content (AvgIpc) is 3.28. The summed E-state index contributed by atoms with van der Waals surface area (Å²) in [5, 5.41) is 8.59. The maximum atomic E-state index is 4.93. The summed E-state index contributed by atoms with van der Waals surface area (Å²) in [5.74, 6) is 0. The zero-order chi connectivity index (χ0) is 19.7. The summed E-state index contributed by atoms with van der Waals surface area (Å²) >= 11 is 0. The van der Waals surface area contributed by atoms with E-state index in [1.807, 2.05) is 6.20 Å². The predicted octanol–water partition coefficient (Wildman–Crippen LogP) is 4.64. The van der Waals surface area contributed by atoms with Crippen molar-refractivity contribution < 1.29 is 0 Å². The maximum absolute atomic E-state index is 4.93. The van der Waals surface area contributed by atoms with Crippen molar-refractivity contribution >= 4 is 16.6 Å². The van der Waals surface area contributed by atoms with E-state index in [-0.39, 0.29) is 0 Å². The monoisotopic (exact) mass is 391 g/mol.